The van der Waals surface area contributed by atoms with E-state index in [-0.39, 0.29) is 11.7 Å². The number of hydrogen-bond donors (Lipinski definition) is 0. The topological polar surface area (TPSA) is 43.9 Å². The molecule has 0 aliphatic carbocycles. The third-order valence-electron chi connectivity index (χ3n) is 3.28. The van der Waals surface area contributed by atoms with Crippen molar-refractivity contribution in [1.29, 1.82) is 0 Å². The molecular formula is C14H13ClFN3O. The second-order valence-corrected chi connectivity index (χ2v) is 4.90. The highest BCUT2D eigenvalue weighted by Crippen LogP contribution is 2.21. The number of benzene rings is 1. The largest absolute Gasteiger partial charge is 0.444 e. The molecule has 0 amide bonds. The fraction of sp³-hybridized carbons (Fsp3) is 0.286. The van der Waals surface area contributed by atoms with Crippen molar-refractivity contribution >= 4 is 22.6 Å². The highest BCUT2D eigenvalue weighted by molar-refractivity contribution is 6.16. The number of aryl methyl sites for hydroxylation is 2. The molecule has 2 heterocycles. The van der Waals surface area contributed by atoms with E-state index in [0.29, 0.717) is 29.3 Å². The zero-order valence-electron chi connectivity index (χ0n) is 11.2. The number of hydrogen-bond acceptors (Lipinski definition) is 3. The minimum absolute atomic E-state index is 0.245. The van der Waals surface area contributed by atoms with E-state index in [1.165, 1.54) is 12.1 Å². The molecule has 3 aromatic rings. The third kappa shape index (κ3) is 2.18. The molecule has 0 spiro atoms. The van der Waals surface area contributed by atoms with Gasteiger partial charge in [0.05, 0.1) is 22.6 Å². The molecule has 20 heavy (non-hydrogen) atoms. The first-order valence-corrected chi connectivity index (χ1v) is 6.75. The molecule has 3 rings (SSSR count). The van der Waals surface area contributed by atoms with Crippen LogP contribution in [0.25, 0.3) is 11.0 Å². The van der Waals surface area contributed by atoms with Crippen LogP contribution in [0.15, 0.2) is 22.6 Å². The number of rotatable bonds is 3. The van der Waals surface area contributed by atoms with Gasteiger partial charge in [0.1, 0.15) is 23.9 Å². The summed E-state index contributed by atoms with van der Waals surface area (Å²) in [5, 5.41) is 0. The van der Waals surface area contributed by atoms with Crippen LogP contribution in [0.5, 0.6) is 0 Å². The third-order valence-corrected chi connectivity index (χ3v) is 3.51. The van der Waals surface area contributed by atoms with Crippen LogP contribution in [0.1, 0.15) is 23.2 Å². The van der Waals surface area contributed by atoms with Crippen molar-refractivity contribution in [1.82, 2.24) is 14.5 Å². The number of aromatic nitrogens is 3. The van der Waals surface area contributed by atoms with Crippen LogP contribution in [0.3, 0.4) is 0 Å². The lowest BCUT2D eigenvalue weighted by atomic mass is 10.3. The van der Waals surface area contributed by atoms with Gasteiger partial charge in [0, 0.05) is 0 Å². The second kappa shape index (κ2) is 4.90. The van der Waals surface area contributed by atoms with Crippen LogP contribution in [0.4, 0.5) is 4.39 Å². The zero-order valence-corrected chi connectivity index (χ0v) is 11.9. The van der Waals surface area contributed by atoms with Crippen molar-refractivity contribution < 1.29 is 8.81 Å². The van der Waals surface area contributed by atoms with Crippen LogP contribution in [0.2, 0.25) is 0 Å². The van der Waals surface area contributed by atoms with E-state index in [1.807, 2.05) is 18.4 Å². The van der Waals surface area contributed by atoms with Crippen molar-refractivity contribution in [3.8, 4) is 0 Å². The number of alkyl halides is 1. The maximum atomic E-state index is 13.4. The molecule has 0 N–H and O–H groups in total. The summed E-state index contributed by atoms with van der Waals surface area (Å²) in [6.07, 6.45) is 0. The minimum atomic E-state index is -0.306. The van der Waals surface area contributed by atoms with Gasteiger partial charge in [0.15, 0.2) is 0 Å². The molecule has 2 aromatic heterocycles. The lowest BCUT2D eigenvalue weighted by molar-refractivity contribution is 0.457. The van der Waals surface area contributed by atoms with Gasteiger partial charge in [-0.2, -0.15) is 0 Å². The molecular weight excluding hydrogens is 281 g/mol. The van der Waals surface area contributed by atoms with E-state index in [0.717, 1.165) is 11.5 Å². The number of halogens is 2. The molecule has 4 nitrogen and oxygen atoms in total. The normalized spacial score (nSPS) is 11.4. The number of imidazole rings is 1. The van der Waals surface area contributed by atoms with Gasteiger partial charge in [-0.05, 0) is 32.0 Å². The van der Waals surface area contributed by atoms with Crippen LogP contribution in [0, 0.1) is 19.7 Å². The minimum Gasteiger partial charge on any atom is -0.444 e. The van der Waals surface area contributed by atoms with Crippen LogP contribution >= 0.6 is 11.6 Å². The van der Waals surface area contributed by atoms with Crippen molar-refractivity contribution in [3.05, 3.63) is 47.2 Å². The van der Waals surface area contributed by atoms with Gasteiger partial charge >= 0.3 is 0 Å². The summed E-state index contributed by atoms with van der Waals surface area (Å²) in [6, 6.07) is 4.47. The maximum absolute atomic E-state index is 13.4. The molecule has 0 aliphatic rings. The van der Waals surface area contributed by atoms with Gasteiger partial charge in [-0.3, -0.25) is 0 Å². The highest BCUT2D eigenvalue weighted by atomic mass is 35.5. The van der Waals surface area contributed by atoms with E-state index in [1.54, 1.807) is 6.07 Å². The van der Waals surface area contributed by atoms with Crippen molar-refractivity contribution in [2.75, 3.05) is 0 Å². The molecule has 0 bridgehead atoms. The Balaban J connectivity index is 2.11. The Kier molecular flexibility index (Phi) is 3.22. The molecule has 0 saturated carbocycles. The summed E-state index contributed by atoms with van der Waals surface area (Å²) in [4.78, 5) is 8.73. The summed E-state index contributed by atoms with van der Waals surface area (Å²) in [5.74, 6) is 1.95. The first-order valence-electron chi connectivity index (χ1n) is 6.22. The second-order valence-electron chi connectivity index (χ2n) is 4.63. The SMILES string of the molecule is Cc1nc(Cn2c(CCl)nc3ccc(F)cc32)oc1C. The van der Waals surface area contributed by atoms with E-state index in [2.05, 4.69) is 9.97 Å². The first kappa shape index (κ1) is 13.1. The van der Waals surface area contributed by atoms with E-state index >= 15 is 0 Å². The Morgan fingerprint density at radius 2 is 2.10 bits per heavy atom. The Morgan fingerprint density at radius 1 is 1.30 bits per heavy atom. The molecule has 6 heteroatoms. The fourth-order valence-electron chi connectivity index (χ4n) is 2.17. The Labute approximate surface area is 120 Å². The molecule has 0 radical (unpaired) electrons. The molecule has 104 valence electrons. The average molecular weight is 294 g/mol. The van der Waals surface area contributed by atoms with Gasteiger partial charge in [-0.1, -0.05) is 0 Å². The lowest BCUT2D eigenvalue weighted by Gasteiger charge is -2.04. The summed E-state index contributed by atoms with van der Waals surface area (Å²) in [6.45, 7) is 4.13. The number of nitrogens with zero attached hydrogens (tertiary/aromatic N) is 3. The molecule has 0 atom stereocenters. The van der Waals surface area contributed by atoms with Gasteiger partial charge in [0.25, 0.3) is 0 Å². The quantitative estimate of drug-likeness (QED) is 0.693. The standard InChI is InChI=1S/C14H13ClFN3O/c1-8-9(2)20-14(17-8)7-19-12-5-10(16)3-4-11(12)18-13(19)6-15/h3-5H,6-7H2,1-2H3. The van der Waals surface area contributed by atoms with Crippen molar-refractivity contribution in [3.63, 3.8) is 0 Å². The van der Waals surface area contributed by atoms with Crippen molar-refractivity contribution in [2.24, 2.45) is 0 Å². The van der Waals surface area contributed by atoms with E-state index < -0.39 is 0 Å². The number of oxazole rings is 1. The van der Waals surface area contributed by atoms with Gasteiger partial charge in [-0.25, -0.2) is 14.4 Å². The van der Waals surface area contributed by atoms with E-state index in [4.69, 9.17) is 16.0 Å². The summed E-state index contributed by atoms with van der Waals surface area (Å²) < 4.78 is 20.8. The average Bonchev–Trinajstić information content (AvgIpc) is 2.91. The van der Waals surface area contributed by atoms with Gasteiger partial charge in [0.2, 0.25) is 5.89 Å². The van der Waals surface area contributed by atoms with Gasteiger partial charge in [-0.15, -0.1) is 11.6 Å². The molecule has 0 aliphatic heterocycles. The predicted octanol–water partition coefficient (Wildman–Crippen LogP) is 3.57. The molecule has 1 aromatic carbocycles. The first-order chi connectivity index (χ1) is 9.58. The highest BCUT2D eigenvalue weighted by Gasteiger charge is 2.14. The molecule has 0 fully saturated rings. The Hall–Kier alpha value is -1.88. The summed E-state index contributed by atoms with van der Waals surface area (Å²) >= 11 is 5.92. The smallest absolute Gasteiger partial charge is 0.214 e. The predicted molar refractivity (Wildman–Crippen MR) is 74.3 cm³/mol. The Bertz CT molecular complexity index is 759. The summed E-state index contributed by atoms with van der Waals surface area (Å²) in [7, 11) is 0. The van der Waals surface area contributed by atoms with E-state index in [9.17, 15) is 4.39 Å². The Morgan fingerprint density at radius 3 is 2.75 bits per heavy atom. The maximum Gasteiger partial charge on any atom is 0.214 e. The summed E-state index contributed by atoms with van der Waals surface area (Å²) in [5.41, 5.74) is 2.25. The zero-order chi connectivity index (χ0) is 14.3. The lowest BCUT2D eigenvalue weighted by Crippen LogP contribution is -2.04. The molecule has 0 saturated heterocycles. The van der Waals surface area contributed by atoms with Crippen LogP contribution in [-0.2, 0) is 12.4 Å². The fourth-order valence-corrected chi connectivity index (χ4v) is 2.37. The van der Waals surface area contributed by atoms with Crippen LogP contribution in [-0.4, -0.2) is 14.5 Å². The monoisotopic (exact) mass is 293 g/mol. The van der Waals surface area contributed by atoms with Crippen molar-refractivity contribution in [2.45, 2.75) is 26.3 Å². The number of fused-ring (bicyclic) bond motifs is 1. The molecule has 0 unspecified atom stereocenters. The van der Waals surface area contributed by atoms with Crippen LogP contribution < -0.4 is 0 Å². The van der Waals surface area contributed by atoms with Gasteiger partial charge < -0.3 is 8.98 Å².